The van der Waals surface area contributed by atoms with Gasteiger partial charge in [0.25, 0.3) is 0 Å². The molecule has 0 unspecified atom stereocenters. The molecule has 0 aliphatic carbocycles. The van der Waals surface area contributed by atoms with Gasteiger partial charge in [-0.15, -0.1) is 0 Å². The number of hydrogen-bond donors (Lipinski definition) is 1. The number of fused-ring (bicyclic) bond motifs is 1. The molecule has 2 heteroatoms. The Morgan fingerprint density at radius 3 is 2.60 bits per heavy atom. The van der Waals surface area contributed by atoms with E-state index in [4.69, 9.17) is 0 Å². The fourth-order valence-electron chi connectivity index (χ4n) is 1.86. The van der Waals surface area contributed by atoms with Gasteiger partial charge < -0.3 is 5.32 Å². The Bertz CT molecular complexity index is 401. The molecule has 2 nitrogen and oxygen atoms in total. The number of rotatable bonds is 0. The molecule has 1 aromatic carbocycles. The molecular formula is C13H17NO. The molecule has 1 aromatic rings. The van der Waals surface area contributed by atoms with E-state index in [-0.39, 0.29) is 11.3 Å². The average Bonchev–Trinajstić information content (AvgIpc) is 2.15. The van der Waals surface area contributed by atoms with E-state index in [1.807, 2.05) is 0 Å². The molecule has 80 valence electrons. The summed E-state index contributed by atoms with van der Waals surface area (Å²) in [4.78, 5) is 11.2. The van der Waals surface area contributed by atoms with Crippen molar-refractivity contribution in [2.75, 3.05) is 0 Å². The summed E-state index contributed by atoms with van der Waals surface area (Å²) in [6.07, 6.45) is 0.528. The molecule has 0 saturated heterocycles. The van der Waals surface area contributed by atoms with Crippen molar-refractivity contribution in [3.8, 4) is 0 Å². The van der Waals surface area contributed by atoms with Gasteiger partial charge >= 0.3 is 0 Å². The Hall–Kier alpha value is -1.31. The lowest BCUT2D eigenvalue weighted by Crippen LogP contribution is -2.30. The van der Waals surface area contributed by atoms with Crippen LogP contribution in [-0.4, -0.2) is 5.91 Å². The fraction of sp³-hybridized carbons (Fsp3) is 0.462. The van der Waals surface area contributed by atoms with Gasteiger partial charge in [0, 0.05) is 6.54 Å². The third kappa shape index (κ3) is 2.04. The molecule has 1 aliphatic rings. The highest BCUT2D eigenvalue weighted by atomic mass is 16.1. The first-order chi connectivity index (χ1) is 6.97. The predicted octanol–water partition coefficient (Wildman–Crippen LogP) is 2.16. The molecule has 0 bridgehead atoms. The Kier molecular flexibility index (Phi) is 2.29. The van der Waals surface area contributed by atoms with Crippen LogP contribution < -0.4 is 5.32 Å². The van der Waals surface area contributed by atoms with Crippen molar-refractivity contribution >= 4 is 5.91 Å². The minimum Gasteiger partial charge on any atom is -0.352 e. The van der Waals surface area contributed by atoms with Crippen molar-refractivity contribution in [1.82, 2.24) is 5.32 Å². The first-order valence-corrected chi connectivity index (χ1v) is 5.36. The Morgan fingerprint density at radius 2 is 1.93 bits per heavy atom. The summed E-state index contributed by atoms with van der Waals surface area (Å²) in [6.45, 7) is 7.29. The molecule has 15 heavy (non-hydrogen) atoms. The normalized spacial score (nSPS) is 15.8. The Morgan fingerprint density at radius 1 is 1.20 bits per heavy atom. The van der Waals surface area contributed by atoms with Crippen LogP contribution in [0.1, 0.15) is 37.5 Å². The monoisotopic (exact) mass is 203 g/mol. The number of carbonyl (C=O) groups is 1. The van der Waals surface area contributed by atoms with Gasteiger partial charge in [0.1, 0.15) is 0 Å². The summed E-state index contributed by atoms with van der Waals surface area (Å²) in [5, 5.41) is 2.88. The maximum Gasteiger partial charge on any atom is 0.224 e. The van der Waals surface area contributed by atoms with E-state index in [1.165, 1.54) is 16.7 Å². The SMILES string of the molecule is CC(C)(C)c1ccc2c(c1)CNC(=O)C2. The van der Waals surface area contributed by atoms with Crippen molar-refractivity contribution in [2.24, 2.45) is 0 Å². The smallest absolute Gasteiger partial charge is 0.224 e. The van der Waals surface area contributed by atoms with Crippen LogP contribution in [0.4, 0.5) is 0 Å². The summed E-state index contributed by atoms with van der Waals surface area (Å²) in [5.41, 5.74) is 3.95. The zero-order valence-electron chi connectivity index (χ0n) is 9.55. The lowest BCUT2D eigenvalue weighted by Gasteiger charge is -2.23. The highest BCUT2D eigenvalue weighted by Gasteiger charge is 2.19. The largest absolute Gasteiger partial charge is 0.352 e. The van der Waals surface area contributed by atoms with Crippen LogP contribution >= 0.6 is 0 Å². The zero-order chi connectivity index (χ0) is 11.1. The highest BCUT2D eigenvalue weighted by Crippen LogP contribution is 2.25. The Balaban J connectivity index is 2.39. The standard InChI is InChI=1S/C13H17NO/c1-13(2,3)11-5-4-9-7-12(15)14-8-10(9)6-11/h4-6H,7-8H2,1-3H3,(H,14,15). The first kappa shape index (κ1) is 10.2. The lowest BCUT2D eigenvalue weighted by molar-refractivity contribution is -0.121. The van der Waals surface area contributed by atoms with Gasteiger partial charge in [0.15, 0.2) is 0 Å². The minimum atomic E-state index is 0.131. The van der Waals surface area contributed by atoms with Crippen LogP contribution in [0.2, 0.25) is 0 Å². The molecule has 0 atom stereocenters. The molecule has 0 aromatic heterocycles. The number of carbonyl (C=O) groups excluding carboxylic acids is 1. The van der Waals surface area contributed by atoms with E-state index >= 15 is 0 Å². The van der Waals surface area contributed by atoms with Crippen LogP contribution in [-0.2, 0) is 23.2 Å². The zero-order valence-corrected chi connectivity index (χ0v) is 9.55. The molecule has 1 amide bonds. The number of nitrogens with one attached hydrogen (secondary N) is 1. The number of amides is 1. The van der Waals surface area contributed by atoms with Gasteiger partial charge in [-0.2, -0.15) is 0 Å². The van der Waals surface area contributed by atoms with Crippen molar-refractivity contribution in [3.63, 3.8) is 0 Å². The maximum absolute atomic E-state index is 11.2. The number of benzene rings is 1. The molecule has 1 aliphatic heterocycles. The van der Waals surface area contributed by atoms with Gasteiger partial charge in [-0.1, -0.05) is 39.0 Å². The summed E-state index contributed by atoms with van der Waals surface area (Å²) in [7, 11) is 0. The van der Waals surface area contributed by atoms with Gasteiger partial charge in [0.05, 0.1) is 6.42 Å². The fourth-order valence-corrected chi connectivity index (χ4v) is 1.86. The minimum absolute atomic E-state index is 0.131. The summed E-state index contributed by atoms with van der Waals surface area (Å²) < 4.78 is 0. The van der Waals surface area contributed by atoms with E-state index in [0.29, 0.717) is 13.0 Å². The van der Waals surface area contributed by atoms with Crippen LogP contribution in [0.3, 0.4) is 0 Å². The third-order valence-electron chi connectivity index (χ3n) is 2.90. The van der Waals surface area contributed by atoms with Gasteiger partial charge in [0.2, 0.25) is 5.91 Å². The van der Waals surface area contributed by atoms with E-state index in [2.05, 4.69) is 44.3 Å². The second-order valence-electron chi connectivity index (χ2n) is 5.19. The second kappa shape index (κ2) is 3.37. The molecular weight excluding hydrogens is 186 g/mol. The quantitative estimate of drug-likeness (QED) is 0.687. The van der Waals surface area contributed by atoms with Crippen molar-refractivity contribution in [1.29, 1.82) is 0 Å². The second-order valence-corrected chi connectivity index (χ2v) is 5.19. The molecule has 1 heterocycles. The van der Waals surface area contributed by atoms with Crippen LogP contribution in [0.25, 0.3) is 0 Å². The summed E-state index contributed by atoms with van der Waals surface area (Å²) >= 11 is 0. The molecule has 2 rings (SSSR count). The lowest BCUT2D eigenvalue weighted by atomic mass is 9.84. The molecule has 1 N–H and O–H groups in total. The first-order valence-electron chi connectivity index (χ1n) is 5.36. The van der Waals surface area contributed by atoms with Crippen LogP contribution in [0.5, 0.6) is 0 Å². The Labute approximate surface area is 90.7 Å². The van der Waals surface area contributed by atoms with Crippen LogP contribution in [0, 0.1) is 0 Å². The maximum atomic E-state index is 11.2. The number of hydrogen-bond acceptors (Lipinski definition) is 1. The molecule has 0 spiro atoms. The summed E-state index contributed by atoms with van der Waals surface area (Å²) in [5.74, 6) is 0.131. The van der Waals surface area contributed by atoms with Crippen molar-refractivity contribution in [3.05, 3.63) is 34.9 Å². The van der Waals surface area contributed by atoms with Gasteiger partial charge in [-0.05, 0) is 22.1 Å². The van der Waals surface area contributed by atoms with Crippen LogP contribution in [0.15, 0.2) is 18.2 Å². The van der Waals surface area contributed by atoms with Crippen molar-refractivity contribution < 1.29 is 4.79 Å². The van der Waals surface area contributed by atoms with E-state index in [9.17, 15) is 4.79 Å². The van der Waals surface area contributed by atoms with Gasteiger partial charge in [-0.3, -0.25) is 4.79 Å². The van der Waals surface area contributed by atoms with E-state index in [0.717, 1.165) is 0 Å². The third-order valence-corrected chi connectivity index (χ3v) is 2.90. The molecule has 0 fully saturated rings. The van der Waals surface area contributed by atoms with Crippen molar-refractivity contribution in [2.45, 2.75) is 39.2 Å². The van der Waals surface area contributed by atoms with Gasteiger partial charge in [-0.25, -0.2) is 0 Å². The highest BCUT2D eigenvalue weighted by molar-refractivity contribution is 5.80. The average molecular weight is 203 g/mol. The topological polar surface area (TPSA) is 29.1 Å². The van der Waals surface area contributed by atoms with E-state index < -0.39 is 0 Å². The predicted molar refractivity (Wildman–Crippen MR) is 60.7 cm³/mol. The van der Waals surface area contributed by atoms with E-state index in [1.54, 1.807) is 0 Å². The summed E-state index contributed by atoms with van der Waals surface area (Å²) in [6, 6.07) is 6.45. The molecule has 0 radical (unpaired) electrons. The molecule has 0 saturated carbocycles.